The van der Waals surface area contributed by atoms with E-state index in [9.17, 15) is 0 Å². The molecule has 68 valence electrons. The van der Waals surface area contributed by atoms with Crippen molar-refractivity contribution < 1.29 is 4.74 Å². The molecule has 0 fully saturated rings. The molecule has 1 nitrogen and oxygen atoms in total. The van der Waals surface area contributed by atoms with E-state index in [0.29, 0.717) is 0 Å². The van der Waals surface area contributed by atoms with E-state index in [2.05, 4.69) is 35.0 Å². The summed E-state index contributed by atoms with van der Waals surface area (Å²) in [5, 5.41) is 0. The molecule has 2 rings (SSSR count). The van der Waals surface area contributed by atoms with Crippen molar-refractivity contribution in [3.8, 4) is 5.75 Å². The van der Waals surface area contributed by atoms with Crippen molar-refractivity contribution in [2.24, 2.45) is 0 Å². The number of allylic oxidation sites excluding steroid dienone is 1. The molecule has 0 aromatic heterocycles. The van der Waals surface area contributed by atoms with E-state index >= 15 is 0 Å². The monoisotopic (exact) mass is 238 g/mol. The maximum atomic E-state index is 5.20. The van der Waals surface area contributed by atoms with Gasteiger partial charge in [-0.15, -0.1) is 0 Å². The van der Waals surface area contributed by atoms with Gasteiger partial charge in [0.1, 0.15) is 5.75 Å². The molecule has 0 saturated heterocycles. The number of methoxy groups -OCH3 is 1. The second-order valence-electron chi connectivity index (χ2n) is 3.34. The molecule has 0 unspecified atom stereocenters. The van der Waals surface area contributed by atoms with Crippen LogP contribution < -0.4 is 4.74 Å². The van der Waals surface area contributed by atoms with Crippen molar-refractivity contribution in [2.75, 3.05) is 7.11 Å². The normalized spacial score (nSPS) is 13.9. The summed E-state index contributed by atoms with van der Waals surface area (Å²) in [5.41, 5.74) is 4.06. The lowest BCUT2D eigenvalue weighted by Crippen LogP contribution is -1.88. The Morgan fingerprint density at radius 3 is 2.85 bits per heavy atom. The standard InChI is InChI=1S/C11H11BrO/c1-7-3-8-5-9(13-2)6-11(12)10(8)4-7/h3,5-6H,4H2,1-2H3. The summed E-state index contributed by atoms with van der Waals surface area (Å²) in [7, 11) is 1.69. The van der Waals surface area contributed by atoms with Crippen LogP contribution in [-0.2, 0) is 6.42 Å². The fourth-order valence-electron chi connectivity index (χ4n) is 1.66. The summed E-state index contributed by atoms with van der Waals surface area (Å²) in [4.78, 5) is 0. The molecule has 2 heteroatoms. The van der Waals surface area contributed by atoms with Gasteiger partial charge in [-0.25, -0.2) is 0 Å². The molecule has 0 amide bonds. The average Bonchev–Trinajstić information content (AvgIpc) is 2.46. The van der Waals surface area contributed by atoms with Gasteiger partial charge in [-0.1, -0.05) is 27.6 Å². The van der Waals surface area contributed by atoms with E-state index in [1.165, 1.54) is 16.7 Å². The third-order valence-corrected chi connectivity index (χ3v) is 3.00. The predicted molar refractivity (Wildman–Crippen MR) is 58.0 cm³/mol. The molecule has 0 bridgehead atoms. The van der Waals surface area contributed by atoms with Gasteiger partial charge in [0.05, 0.1) is 7.11 Å². The van der Waals surface area contributed by atoms with Crippen molar-refractivity contribution in [3.63, 3.8) is 0 Å². The number of hydrogen-bond acceptors (Lipinski definition) is 1. The number of halogens is 1. The minimum atomic E-state index is 0.913. The third kappa shape index (κ3) is 1.51. The first-order valence-corrected chi connectivity index (χ1v) is 5.03. The molecular weight excluding hydrogens is 228 g/mol. The van der Waals surface area contributed by atoms with Crippen LogP contribution in [0.4, 0.5) is 0 Å². The lowest BCUT2D eigenvalue weighted by Gasteiger charge is -2.05. The van der Waals surface area contributed by atoms with Gasteiger partial charge in [-0.3, -0.25) is 0 Å². The molecule has 0 saturated carbocycles. The van der Waals surface area contributed by atoms with E-state index in [1.807, 2.05) is 6.07 Å². The van der Waals surface area contributed by atoms with Crippen LogP contribution in [0.5, 0.6) is 5.75 Å². The van der Waals surface area contributed by atoms with E-state index in [0.717, 1.165) is 16.6 Å². The Kier molecular flexibility index (Phi) is 2.16. The van der Waals surface area contributed by atoms with Crippen LogP contribution >= 0.6 is 15.9 Å². The number of hydrogen-bond donors (Lipinski definition) is 0. The lowest BCUT2D eigenvalue weighted by molar-refractivity contribution is 0.414. The van der Waals surface area contributed by atoms with Crippen LogP contribution in [-0.4, -0.2) is 7.11 Å². The molecule has 0 heterocycles. The molecule has 0 aliphatic heterocycles. The zero-order valence-corrected chi connectivity index (χ0v) is 9.31. The topological polar surface area (TPSA) is 9.23 Å². The van der Waals surface area contributed by atoms with Gasteiger partial charge in [-0.2, -0.15) is 0 Å². The second-order valence-corrected chi connectivity index (χ2v) is 4.20. The zero-order chi connectivity index (χ0) is 9.42. The minimum absolute atomic E-state index is 0.913. The van der Waals surface area contributed by atoms with Gasteiger partial charge in [0.2, 0.25) is 0 Å². The summed E-state index contributed by atoms with van der Waals surface area (Å²) in [5.74, 6) is 0.913. The summed E-state index contributed by atoms with van der Waals surface area (Å²) < 4.78 is 6.34. The Hall–Kier alpha value is -0.760. The van der Waals surface area contributed by atoms with Crippen molar-refractivity contribution in [3.05, 3.63) is 33.3 Å². The van der Waals surface area contributed by atoms with Crippen LogP contribution in [0, 0.1) is 0 Å². The van der Waals surface area contributed by atoms with Crippen molar-refractivity contribution in [1.82, 2.24) is 0 Å². The summed E-state index contributed by atoms with van der Waals surface area (Å²) in [6, 6.07) is 4.10. The summed E-state index contributed by atoms with van der Waals surface area (Å²) >= 11 is 3.55. The largest absolute Gasteiger partial charge is 0.497 e. The number of fused-ring (bicyclic) bond motifs is 1. The van der Waals surface area contributed by atoms with E-state index in [4.69, 9.17) is 4.74 Å². The van der Waals surface area contributed by atoms with Crippen LogP contribution in [0.15, 0.2) is 22.2 Å². The summed E-state index contributed by atoms with van der Waals surface area (Å²) in [6.07, 6.45) is 3.27. The van der Waals surface area contributed by atoms with Gasteiger partial charge in [0, 0.05) is 4.47 Å². The first kappa shape index (κ1) is 8.82. The number of ether oxygens (including phenoxy) is 1. The highest BCUT2D eigenvalue weighted by atomic mass is 79.9. The first-order chi connectivity index (χ1) is 6.20. The van der Waals surface area contributed by atoms with Crippen molar-refractivity contribution in [2.45, 2.75) is 13.3 Å². The fraction of sp³-hybridized carbons (Fsp3) is 0.273. The highest BCUT2D eigenvalue weighted by Crippen LogP contribution is 2.34. The fourth-order valence-corrected chi connectivity index (χ4v) is 2.26. The first-order valence-electron chi connectivity index (χ1n) is 4.24. The van der Waals surface area contributed by atoms with E-state index < -0.39 is 0 Å². The molecular formula is C11H11BrO. The molecule has 1 aliphatic carbocycles. The van der Waals surface area contributed by atoms with Gasteiger partial charge < -0.3 is 4.74 Å². The molecule has 0 atom stereocenters. The highest BCUT2D eigenvalue weighted by molar-refractivity contribution is 9.10. The molecule has 13 heavy (non-hydrogen) atoms. The Morgan fingerprint density at radius 2 is 2.15 bits per heavy atom. The zero-order valence-electron chi connectivity index (χ0n) is 7.73. The van der Waals surface area contributed by atoms with Gasteiger partial charge >= 0.3 is 0 Å². The maximum Gasteiger partial charge on any atom is 0.120 e. The van der Waals surface area contributed by atoms with Gasteiger partial charge in [0.25, 0.3) is 0 Å². The molecule has 0 radical (unpaired) electrons. The minimum Gasteiger partial charge on any atom is -0.497 e. The SMILES string of the molecule is COc1cc(Br)c2c(c1)C=C(C)C2. The molecule has 1 aliphatic rings. The van der Waals surface area contributed by atoms with Gasteiger partial charge in [0.15, 0.2) is 0 Å². The predicted octanol–water partition coefficient (Wildman–Crippen LogP) is 3.42. The van der Waals surface area contributed by atoms with E-state index in [1.54, 1.807) is 7.11 Å². The van der Waals surface area contributed by atoms with E-state index in [-0.39, 0.29) is 0 Å². The van der Waals surface area contributed by atoms with Crippen LogP contribution in [0.2, 0.25) is 0 Å². The quantitative estimate of drug-likeness (QED) is 0.729. The number of rotatable bonds is 1. The Morgan fingerprint density at radius 1 is 1.38 bits per heavy atom. The Balaban J connectivity index is 2.54. The lowest BCUT2D eigenvalue weighted by atomic mass is 10.1. The maximum absolute atomic E-state index is 5.20. The van der Waals surface area contributed by atoms with Crippen LogP contribution in [0.25, 0.3) is 6.08 Å². The van der Waals surface area contributed by atoms with Crippen LogP contribution in [0.1, 0.15) is 18.1 Å². The van der Waals surface area contributed by atoms with Gasteiger partial charge in [-0.05, 0) is 36.6 Å². The average molecular weight is 239 g/mol. The third-order valence-electron chi connectivity index (χ3n) is 2.30. The molecule has 0 N–H and O–H groups in total. The Labute approximate surface area is 86.5 Å². The number of benzene rings is 1. The van der Waals surface area contributed by atoms with Crippen molar-refractivity contribution >= 4 is 22.0 Å². The summed E-state index contributed by atoms with van der Waals surface area (Å²) in [6.45, 7) is 2.15. The molecule has 1 aromatic rings. The van der Waals surface area contributed by atoms with Crippen LogP contribution in [0.3, 0.4) is 0 Å². The van der Waals surface area contributed by atoms with Crippen molar-refractivity contribution in [1.29, 1.82) is 0 Å². The Bertz CT molecular complexity index is 380. The molecule has 1 aromatic carbocycles. The second kappa shape index (κ2) is 3.18. The molecule has 0 spiro atoms. The highest BCUT2D eigenvalue weighted by Gasteiger charge is 2.13. The smallest absolute Gasteiger partial charge is 0.120 e.